The molecule has 0 saturated heterocycles. The number of hydrogen-bond acceptors (Lipinski definition) is 4. The molecule has 5 rings (SSSR count). The molecule has 1 aliphatic carbocycles. The van der Waals surface area contributed by atoms with Gasteiger partial charge in [-0.3, -0.25) is 9.79 Å². The lowest BCUT2D eigenvalue weighted by Crippen LogP contribution is -2.09. The molecule has 1 atom stereocenters. The number of ketones is 1. The second kappa shape index (κ2) is 8.26. The Morgan fingerprint density at radius 2 is 1.79 bits per heavy atom. The largest absolute Gasteiger partial charge is 0.361 e. The van der Waals surface area contributed by atoms with Crippen LogP contribution in [0.5, 0.6) is 0 Å². The van der Waals surface area contributed by atoms with Gasteiger partial charge in [0.05, 0.1) is 17.8 Å². The number of aromatic nitrogens is 1. The summed E-state index contributed by atoms with van der Waals surface area (Å²) in [5.74, 6) is 1.25. The number of aliphatic imine (C=N–C) groups is 1. The quantitative estimate of drug-likeness (QED) is 0.472. The minimum absolute atomic E-state index is 0.110. The highest BCUT2D eigenvalue weighted by molar-refractivity contribution is 6.05. The minimum Gasteiger partial charge on any atom is -0.361 e. The Morgan fingerprint density at radius 3 is 2.48 bits per heavy atom. The third kappa shape index (κ3) is 4.35. The number of carbonyl (C=O) groups excluding carboxylic acids is 1. The van der Waals surface area contributed by atoms with Gasteiger partial charge < -0.3 is 4.52 Å². The molecule has 0 fully saturated rings. The highest BCUT2D eigenvalue weighted by Gasteiger charge is 2.31. The van der Waals surface area contributed by atoms with E-state index in [0.717, 1.165) is 35.4 Å². The van der Waals surface area contributed by atoms with E-state index in [0.29, 0.717) is 24.5 Å². The monoisotopic (exact) mass is 438 g/mol. The smallest absolute Gasteiger partial charge is 0.143 e. The van der Waals surface area contributed by atoms with Crippen LogP contribution in [0.25, 0.3) is 5.70 Å². The molecule has 33 heavy (non-hydrogen) atoms. The van der Waals surface area contributed by atoms with Gasteiger partial charge in [0.1, 0.15) is 11.5 Å². The third-order valence-electron chi connectivity index (χ3n) is 6.60. The number of Topliss-reactive ketones (excluding diaryl/α,β-unsaturated/α-hetero) is 1. The first kappa shape index (κ1) is 21.6. The lowest BCUT2D eigenvalue weighted by Gasteiger charge is -2.12. The van der Waals surface area contributed by atoms with E-state index >= 15 is 0 Å². The Kier molecular flexibility index (Phi) is 5.40. The first-order chi connectivity index (χ1) is 15.8. The van der Waals surface area contributed by atoms with Gasteiger partial charge in [-0.25, -0.2) is 0 Å². The summed E-state index contributed by atoms with van der Waals surface area (Å²) in [7, 11) is 0. The lowest BCUT2D eigenvalue weighted by molar-refractivity contribution is -0.117. The molecule has 1 unspecified atom stereocenters. The van der Waals surface area contributed by atoms with Crippen LogP contribution in [0.3, 0.4) is 0 Å². The van der Waals surface area contributed by atoms with E-state index in [1.165, 1.54) is 22.4 Å². The van der Waals surface area contributed by atoms with E-state index in [9.17, 15) is 4.79 Å². The Balaban J connectivity index is 1.24. The van der Waals surface area contributed by atoms with Gasteiger partial charge in [-0.1, -0.05) is 75.3 Å². The normalized spacial score (nSPS) is 16.9. The molecular weight excluding hydrogens is 408 g/mol. The summed E-state index contributed by atoms with van der Waals surface area (Å²) in [6, 6.07) is 17.0. The van der Waals surface area contributed by atoms with Crippen molar-refractivity contribution in [2.75, 3.05) is 0 Å². The zero-order chi connectivity index (χ0) is 23.2. The maximum Gasteiger partial charge on any atom is 0.143 e. The molecule has 0 saturated carbocycles. The predicted octanol–water partition coefficient (Wildman–Crippen LogP) is 6.02. The number of benzene rings is 2. The molecule has 2 aromatic carbocycles. The van der Waals surface area contributed by atoms with Gasteiger partial charge in [-0.15, -0.1) is 0 Å². The second-order valence-corrected chi connectivity index (χ2v) is 10.2. The van der Waals surface area contributed by atoms with E-state index in [1.807, 2.05) is 18.2 Å². The third-order valence-corrected chi connectivity index (χ3v) is 6.60. The van der Waals surface area contributed by atoms with Crippen molar-refractivity contribution in [2.45, 2.75) is 64.7 Å². The maximum absolute atomic E-state index is 12.6. The number of aryl methyl sites for hydroxylation is 1. The van der Waals surface area contributed by atoms with Crippen LogP contribution in [0, 0.1) is 0 Å². The van der Waals surface area contributed by atoms with Crippen molar-refractivity contribution in [1.82, 2.24) is 5.16 Å². The topological polar surface area (TPSA) is 55.5 Å². The number of carbonyl (C=O) groups is 1. The molecule has 2 aliphatic rings. The molecule has 1 aromatic heterocycles. The molecule has 0 amide bonds. The summed E-state index contributed by atoms with van der Waals surface area (Å²) < 4.78 is 5.40. The lowest BCUT2D eigenvalue weighted by atomic mass is 9.93. The fourth-order valence-corrected chi connectivity index (χ4v) is 4.66. The molecular formula is C29H30N2O2. The van der Waals surface area contributed by atoms with Gasteiger partial charge in [0, 0.05) is 36.0 Å². The van der Waals surface area contributed by atoms with Crippen LogP contribution in [0.4, 0.5) is 0 Å². The Morgan fingerprint density at radius 1 is 1.03 bits per heavy atom. The van der Waals surface area contributed by atoms with Crippen molar-refractivity contribution in [1.29, 1.82) is 0 Å². The predicted molar refractivity (Wildman–Crippen MR) is 132 cm³/mol. The van der Waals surface area contributed by atoms with E-state index in [1.54, 1.807) is 0 Å². The Hall–Kier alpha value is -3.27. The zero-order valence-electron chi connectivity index (χ0n) is 19.8. The molecule has 0 N–H and O–H groups in total. The van der Waals surface area contributed by atoms with Crippen molar-refractivity contribution >= 4 is 17.2 Å². The number of hydrogen-bond donors (Lipinski definition) is 0. The number of nitrogens with zero attached hydrogens (tertiary/aromatic N) is 2. The van der Waals surface area contributed by atoms with Crippen LogP contribution in [-0.2, 0) is 35.9 Å². The summed E-state index contributed by atoms with van der Waals surface area (Å²) in [6.07, 6.45) is 4.98. The van der Waals surface area contributed by atoms with Crippen LogP contribution >= 0.6 is 0 Å². The summed E-state index contributed by atoms with van der Waals surface area (Å²) in [5, 5.41) is 4.07. The average Bonchev–Trinajstić information content (AvgIpc) is 3.48. The van der Waals surface area contributed by atoms with Crippen LogP contribution in [0.1, 0.15) is 72.9 Å². The van der Waals surface area contributed by atoms with Crippen molar-refractivity contribution < 1.29 is 9.32 Å². The van der Waals surface area contributed by atoms with Crippen LogP contribution in [-0.4, -0.2) is 16.7 Å². The Bertz CT molecular complexity index is 1270. The first-order valence-electron chi connectivity index (χ1n) is 11.8. The zero-order valence-corrected chi connectivity index (χ0v) is 19.8. The number of fused-ring (bicyclic) bond motifs is 3. The van der Waals surface area contributed by atoms with E-state index < -0.39 is 0 Å². The fourth-order valence-electron chi connectivity index (χ4n) is 4.66. The maximum atomic E-state index is 12.6. The van der Waals surface area contributed by atoms with Gasteiger partial charge in [0.15, 0.2) is 0 Å². The molecule has 2 heterocycles. The molecule has 3 aromatic rings. The van der Waals surface area contributed by atoms with Gasteiger partial charge >= 0.3 is 0 Å². The number of allylic oxidation sites excluding steroid dienone is 1. The fraction of sp³-hybridized carbons (Fsp3) is 0.345. The summed E-state index contributed by atoms with van der Waals surface area (Å²) in [6.45, 7) is 8.40. The van der Waals surface area contributed by atoms with Crippen molar-refractivity contribution in [3.8, 4) is 0 Å². The van der Waals surface area contributed by atoms with Crippen molar-refractivity contribution in [3.05, 3.63) is 93.9 Å². The molecule has 4 heteroatoms. The standard InChI is InChI=1S/C29H30N2O2/c1-5-18-8-11-24-21(12-18)14-27-25(24)17-26(30-27)20-9-6-19(7-10-20)13-23(32)15-22-16-28(33-31-22)29(2,3)4/h6-12,16-17,25H,5,13-15H2,1-4H3. The Labute approximate surface area is 195 Å². The van der Waals surface area contributed by atoms with Crippen LogP contribution in [0.2, 0.25) is 0 Å². The van der Waals surface area contributed by atoms with Gasteiger partial charge in [-0.2, -0.15) is 0 Å². The van der Waals surface area contributed by atoms with Crippen molar-refractivity contribution in [2.24, 2.45) is 4.99 Å². The highest BCUT2D eigenvalue weighted by Crippen LogP contribution is 2.40. The van der Waals surface area contributed by atoms with Gasteiger partial charge in [0.2, 0.25) is 0 Å². The minimum atomic E-state index is -0.110. The van der Waals surface area contributed by atoms with Gasteiger partial charge in [-0.05, 0) is 40.3 Å². The molecule has 4 nitrogen and oxygen atoms in total. The van der Waals surface area contributed by atoms with Crippen LogP contribution in [0.15, 0.2) is 64.1 Å². The molecule has 0 radical (unpaired) electrons. The van der Waals surface area contributed by atoms with Gasteiger partial charge in [0.25, 0.3) is 0 Å². The molecule has 0 spiro atoms. The summed E-state index contributed by atoms with van der Waals surface area (Å²) in [5.41, 5.74) is 9.19. The van der Waals surface area contributed by atoms with E-state index in [2.05, 4.69) is 69.3 Å². The average molecular weight is 439 g/mol. The van der Waals surface area contributed by atoms with Crippen LogP contribution < -0.4 is 0 Å². The summed E-state index contributed by atoms with van der Waals surface area (Å²) in [4.78, 5) is 17.5. The molecule has 1 aliphatic heterocycles. The molecule has 0 bridgehead atoms. The first-order valence-corrected chi connectivity index (χ1v) is 11.8. The highest BCUT2D eigenvalue weighted by atomic mass is 16.5. The summed E-state index contributed by atoms with van der Waals surface area (Å²) >= 11 is 0. The van der Waals surface area contributed by atoms with E-state index in [-0.39, 0.29) is 11.2 Å². The van der Waals surface area contributed by atoms with Crippen molar-refractivity contribution in [3.63, 3.8) is 0 Å². The SMILES string of the molecule is CCc1ccc2c(c1)CC1=NC(c3ccc(CC(=O)Cc4cc(C(C)(C)C)on4)cc3)=CC12. The van der Waals surface area contributed by atoms with E-state index in [4.69, 9.17) is 9.52 Å². The second-order valence-electron chi connectivity index (χ2n) is 10.2. The number of rotatable bonds is 6. The molecule has 168 valence electrons.